The molecule has 0 aliphatic heterocycles. The minimum atomic E-state index is -0.428. The molecule has 0 spiro atoms. The van der Waals surface area contributed by atoms with Gasteiger partial charge in [-0.2, -0.15) is 0 Å². The molecule has 28 heavy (non-hydrogen) atoms. The summed E-state index contributed by atoms with van der Waals surface area (Å²) in [5.41, 5.74) is 1.50. The average Bonchev–Trinajstić information content (AvgIpc) is 3.08. The summed E-state index contributed by atoms with van der Waals surface area (Å²) in [7, 11) is 4.52. The van der Waals surface area contributed by atoms with Crippen molar-refractivity contribution in [3.05, 3.63) is 40.5 Å². The number of nitrogens with zero attached hydrogens (tertiary/aromatic N) is 4. The van der Waals surface area contributed by atoms with Crippen LogP contribution in [0.1, 0.15) is 12.1 Å². The van der Waals surface area contributed by atoms with Gasteiger partial charge in [0.15, 0.2) is 17.3 Å². The second-order valence-electron chi connectivity index (χ2n) is 5.96. The zero-order chi connectivity index (χ0) is 20.5. The molecule has 0 aliphatic rings. The van der Waals surface area contributed by atoms with Crippen LogP contribution in [0.4, 0.5) is 5.69 Å². The van der Waals surface area contributed by atoms with E-state index in [4.69, 9.17) is 14.2 Å². The quantitative estimate of drug-likeness (QED) is 0.217. The highest BCUT2D eigenvalue weighted by atomic mass is 16.6. The third kappa shape index (κ3) is 5.86. The predicted molar refractivity (Wildman–Crippen MR) is 105 cm³/mol. The van der Waals surface area contributed by atoms with Gasteiger partial charge in [0.25, 0.3) is 6.54 Å². The van der Waals surface area contributed by atoms with Gasteiger partial charge in [0.2, 0.25) is 5.75 Å². The van der Waals surface area contributed by atoms with Gasteiger partial charge in [-0.15, -0.1) is 0 Å². The Morgan fingerprint density at radius 2 is 1.93 bits per heavy atom. The fourth-order valence-corrected chi connectivity index (χ4v) is 2.63. The molecule has 0 amide bonds. The van der Waals surface area contributed by atoms with Gasteiger partial charge in [-0.25, -0.2) is 4.98 Å². The largest absolute Gasteiger partial charge is 0.493 e. The molecule has 0 atom stereocenters. The normalized spacial score (nSPS) is 11.2. The monoisotopic (exact) mass is 391 g/mol. The van der Waals surface area contributed by atoms with E-state index in [-0.39, 0.29) is 5.84 Å². The van der Waals surface area contributed by atoms with E-state index in [1.807, 2.05) is 17.7 Å². The first-order valence-corrected chi connectivity index (χ1v) is 8.67. The lowest BCUT2D eigenvalue weighted by atomic mass is 10.2. The van der Waals surface area contributed by atoms with Crippen molar-refractivity contribution in [3.63, 3.8) is 0 Å². The highest BCUT2D eigenvalue weighted by molar-refractivity contribution is 5.96. The number of methoxy groups -OCH3 is 3. The summed E-state index contributed by atoms with van der Waals surface area (Å²) in [5, 5.41) is 14.0. The van der Waals surface area contributed by atoms with Gasteiger partial charge >= 0.3 is 0 Å². The first-order chi connectivity index (χ1) is 13.5. The third-order valence-electron chi connectivity index (χ3n) is 3.87. The maximum absolute atomic E-state index is 11.0. The lowest BCUT2D eigenvalue weighted by molar-refractivity contribution is -0.463. The maximum atomic E-state index is 11.0. The van der Waals surface area contributed by atoms with E-state index in [0.717, 1.165) is 18.7 Å². The number of hydrogen-bond donors (Lipinski definition) is 1. The van der Waals surface area contributed by atoms with Crippen molar-refractivity contribution in [1.82, 2.24) is 9.55 Å². The fourth-order valence-electron chi connectivity index (χ4n) is 2.63. The van der Waals surface area contributed by atoms with E-state index in [1.165, 1.54) is 21.3 Å². The molecule has 2 aromatic rings. The van der Waals surface area contributed by atoms with Crippen molar-refractivity contribution in [2.75, 3.05) is 39.7 Å². The number of nitrogens with one attached hydrogen (secondary N) is 1. The molecule has 0 saturated carbocycles. The summed E-state index contributed by atoms with van der Waals surface area (Å²) < 4.78 is 17.9. The Balaban J connectivity index is 2.11. The number of aromatic nitrogens is 2. The molecule has 0 unspecified atom stereocenters. The molecule has 1 aromatic carbocycles. The predicted octanol–water partition coefficient (Wildman–Crippen LogP) is 2.39. The van der Waals surface area contributed by atoms with Crippen LogP contribution < -0.4 is 19.5 Å². The third-order valence-corrected chi connectivity index (χ3v) is 3.87. The SMILES string of the molecule is COc1cc(NC(C[N+](=O)[O-])=NCCCn2cnc(C)c2)cc(OC)c1OC. The van der Waals surface area contributed by atoms with Crippen LogP contribution in [0.15, 0.2) is 29.6 Å². The van der Waals surface area contributed by atoms with Crippen LogP contribution in [0.25, 0.3) is 0 Å². The van der Waals surface area contributed by atoms with E-state index >= 15 is 0 Å². The van der Waals surface area contributed by atoms with Gasteiger partial charge < -0.3 is 24.1 Å². The van der Waals surface area contributed by atoms with E-state index < -0.39 is 11.5 Å². The number of imidazole rings is 1. The van der Waals surface area contributed by atoms with Crippen molar-refractivity contribution < 1.29 is 19.1 Å². The fraction of sp³-hybridized carbons (Fsp3) is 0.444. The topological polar surface area (TPSA) is 113 Å². The van der Waals surface area contributed by atoms with Gasteiger partial charge in [0.05, 0.1) is 33.4 Å². The lowest BCUT2D eigenvalue weighted by Crippen LogP contribution is -2.23. The van der Waals surface area contributed by atoms with Gasteiger partial charge in [0, 0.05) is 42.0 Å². The number of hydrogen-bond acceptors (Lipinski definition) is 7. The van der Waals surface area contributed by atoms with E-state index in [0.29, 0.717) is 29.5 Å². The van der Waals surface area contributed by atoms with Crippen LogP contribution in [-0.4, -0.2) is 54.7 Å². The number of anilines is 1. The van der Waals surface area contributed by atoms with Crippen LogP contribution in [0.2, 0.25) is 0 Å². The Morgan fingerprint density at radius 1 is 1.25 bits per heavy atom. The Hall–Kier alpha value is -3.30. The molecule has 1 aromatic heterocycles. The molecule has 0 saturated heterocycles. The first kappa shape index (κ1) is 21.0. The highest BCUT2D eigenvalue weighted by Gasteiger charge is 2.15. The zero-order valence-corrected chi connectivity index (χ0v) is 16.5. The van der Waals surface area contributed by atoms with Gasteiger partial charge in [-0.1, -0.05) is 0 Å². The summed E-state index contributed by atoms with van der Waals surface area (Å²) in [5.74, 6) is 1.58. The molecule has 2 rings (SSSR count). The summed E-state index contributed by atoms with van der Waals surface area (Å²) in [6, 6.07) is 3.34. The number of nitro groups is 1. The van der Waals surface area contributed by atoms with Crippen molar-refractivity contribution in [2.45, 2.75) is 19.9 Å². The average molecular weight is 391 g/mol. The van der Waals surface area contributed by atoms with Crippen LogP contribution >= 0.6 is 0 Å². The number of ether oxygens (including phenoxy) is 3. The van der Waals surface area contributed by atoms with E-state index in [9.17, 15) is 10.1 Å². The molecule has 0 aliphatic carbocycles. The second kappa shape index (κ2) is 10.1. The van der Waals surface area contributed by atoms with Crippen molar-refractivity contribution in [3.8, 4) is 17.2 Å². The number of amidine groups is 1. The molecule has 0 bridgehead atoms. The van der Waals surface area contributed by atoms with Crippen molar-refractivity contribution >= 4 is 11.5 Å². The molecule has 10 nitrogen and oxygen atoms in total. The standard InChI is InChI=1S/C18H25N5O5/c1-13-10-22(12-20-13)7-5-6-19-17(11-23(24)25)21-14-8-15(26-2)18(28-4)16(9-14)27-3/h8-10,12H,5-7,11H2,1-4H3,(H,19,21). The van der Waals surface area contributed by atoms with Gasteiger partial charge in [-0.05, 0) is 13.3 Å². The zero-order valence-electron chi connectivity index (χ0n) is 16.5. The van der Waals surface area contributed by atoms with Crippen molar-refractivity contribution in [2.24, 2.45) is 4.99 Å². The van der Waals surface area contributed by atoms with E-state index in [1.54, 1.807) is 18.5 Å². The maximum Gasteiger partial charge on any atom is 0.260 e. The Labute approximate surface area is 163 Å². The van der Waals surface area contributed by atoms with Gasteiger partial charge in [-0.3, -0.25) is 15.1 Å². The van der Waals surface area contributed by atoms with Crippen LogP contribution in [-0.2, 0) is 6.54 Å². The number of benzene rings is 1. The highest BCUT2D eigenvalue weighted by Crippen LogP contribution is 2.39. The molecular weight excluding hydrogens is 366 g/mol. The molecule has 10 heteroatoms. The van der Waals surface area contributed by atoms with Crippen LogP contribution in [0, 0.1) is 17.0 Å². The number of aliphatic imine (C=N–C) groups is 1. The second-order valence-corrected chi connectivity index (χ2v) is 5.96. The molecule has 152 valence electrons. The number of rotatable bonds is 10. The molecule has 1 N–H and O–H groups in total. The minimum absolute atomic E-state index is 0.251. The van der Waals surface area contributed by atoms with Crippen LogP contribution in [0.3, 0.4) is 0 Å². The van der Waals surface area contributed by atoms with Crippen LogP contribution in [0.5, 0.6) is 17.2 Å². The summed E-state index contributed by atoms with van der Waals surface area (Å²) in [6.45, 7) is 2.68. The summed E-state index contributed by atoms with van der Waals surface area (Å²) in [4.78, 5) is 19.1. The lowest BCUT2D eigenvalue weighted by Gasteiger charge is -2.15. The van der Waals surface area contributed by atoms with Crippen molar-refractivity contribution in [1.29, 1.82) is 0 Å². The molecule has 0 radical (unpaired) electrons. The number of aryl methyl sites for hydroxylation is 2. The molecule has 1 heterocycles. The minimum Gasteiger partial charge on any atom is -0.493 e. The summed E-state index contributed by atoms with van der Waals surface area (Å²) >= 11 is 0. The Kier molecular flexibility index (Phi) is 7.61. The first-order valence-electron chi connectivity index (χ1n) is 8.67. The molecule has 0 fully saturated rings. The smallest absolute Gasteiger partial charge is 0.260 e. The summed E-state index contributed by atoms with van der Waals surface area (Å²) in [6.07, 6.45) is 4.43. The van der Waals surface area contributed by atoms with E-state index in [2.05, 4.69) is 15.3 Å². The molecular formula is C18H25N5O5. The Morgan fingerprint density at radius 3 is 2.43 bits per heavy atom. The van der Waals surface area contributed by atoms with Gasteiger partial charge in [0.1, 0.15) is 0 Å². The Bertz CT molecular complexity index is 809.